The summed E-state index contributed by atoms with van der Waals surface area (Å²) >= 11 is 0. The summed E-state index contributed by atoms with van der Waals surface area (Å²) in [6.07, 6.45) is 67.9. The average molecular weight is 1490 g/mol. The van der Waals surface area contributed by atoms with Crippen molar-refractivity contribution in [2.75, 3.05) is 39.6 Å². The molecule has 0 rings (SSSR count). The standard InChI is InChI=1S/C83H162O17P2/c1-6-9-12-15-18-21-24-26-28-30-31-33-39-44-49-54-59-64-69-83(88)100-79(73-94-81(86)67-62-57-52-47-42-37-35-34-36-41-45-50-55-60-65-76(4)5)75-98-102(91,92)96-71-77(84)70-95-101(89,90)97-74-78(72-93-80(85)66-61-56-51-46-40-23-20-17-14-11-8-3)99-82(87)68-63-58-53-48-43-38-32-29-27-25-22-19-16-13-10-7-2/h76-79,84H,6-75H2,1-5H3,(H,89,90)(H,91,92)/t77-,78+,79+/m0/s1. The summed E-state index contributed by atoms with van der Waals surface area (Å²) in [5, 5.41) is 10.7. The van der Waals surface area contributed by atoms with E-state index in [0.29, 0.717) is 25.7 Å². The molecule has 0 aliphatic carbocycles. The molecule has 606 valence electrons. The lowest BCUT2D eigenvalue weighted by atomic mass is 10.0. The molecule has 2 unspecified atom stereocenters. The maximum absolute atomic E-state index is 13.1. The molecule has 0 aromatic heterocycles. The molecule has 0 aliphatic rings. The molecule has 0 spiro atoms. The lowest BCUT2D eigenvalue weighted by molar-refractivity contribution is -0.161. The van der Waals surface area contributed by atoms with Gasteiger partial charge in [-0.05, 0) is 31.6 Å². The van der Waals surface area contributed by atoms with E-state index in [-0.39, 0.29) is 25.7 Å². The molecule has 17 nitrogen and oxygen atoms in total. The van der Waals surface area contributed by atoms with Gasteiger partial charge in [-0.15, -0.1) is 0 Å². The van der Waals surface area contributed by atoms with Gasteiger partial charge < -0.3 is 33.8 Å². The van der Waals surface area contributed by atoms with Gasteiger partial charge in [0.25, 0.3) is 0 Å². The van der Waals surface area contributed by atoms with E-state index in [0.717, 1.165) is 95.8 Å². The minimum Gasteiger partial charge on any atom is -0.462 e. The molecule has 5 atom stereocenters. The Bertz CT molecular complexity index is 1940. The summed E-state index contributed by atoms with van der Waals surface area (Å²) in [7, 11) is -9.92. The first-order valence-electron chi connectivity index (χ1n) is 43.1. The number of phosphoric ester groups is 2. The van der Waals surface area contributed by atoms with Gasteiger partial charge in [-0.25, -0.2) is 9.13 Å². The largest absolute Gasteiger partial charge is 0.472 e. The van der Waals surface area contributed by atoms with Crippen LogP contribution in [-0.4, -0.2) is 96.7 Å². The van der Waals surface area contributed by atoms with Crippen molar-refractivity contribution in [3.63, 3.8) is 0 Å². The summed E-state index contributed by atoms with van der Waals surface area (Å²) in [4.78, 5) is 73.1. The van der Waals surface area contributed by atoms with Crippen LogP contribution in [0, 0.1) is 5.92 Å². The number of aliphatic hydroxyl groups excluding tert-OH is 1. The van der Waals surface area contributed by atoms with Crippen molar-refractivity contribution >= 4 is 39.5 Å². The Labute approximate surface area is 626 Å². The zero-order valence-corrected chi connectivity index (χ0v) is 68.5. The maximum Gasteiger partial charge on any atom is 0.472 e. The van der Waals surface area contributed by atoms with Crippen molar-refractivity contribution in [3.8, 4) is 0 Å². The van der Waals surface area contributed by atoms with E-state index >= 15 is 0 Å². The molecular weight excluding hydrogens is 1330 g/mol. The van der Waals surface area contributed by atoms with Gasteiger partial charge in [0.2, 0.25) is 0 Å². The molecule has 0 bridgehead atoms. The van der Waals surface area contributed by atoms with E-state index < -0.39 is 97.5 Å². The fraction of sp³-hybridized carbons (Fsp3) is 0.952. The lowest BCUT2D eigenvalue weighted by Gasteiger charge is -2.21. The molecule has 102 heavy (non-hydrogen) atoms. The van der Waals surface area contributed by atoms with Crippen LogP contribution in [0.5, 0.6) is 0 Å². The van der Waals surface area contributed by atoms with Gasteiger partial charge in [0.1, 0.15) is 19.3 Å². The average Bonchev–Trinajstić information content (AvgIpc) is 0.909. The van der Waals surface area contributed by atoms with Gasteiger partial charge in [-0.3, -0.25) is 37.3 Å². The second kappa shape index (κ2) is 75.9. The highest BCUT2D eigenvalue weighted by Crippen LogP contribution is 2.45. The maximum atomic E-state index is 13.1. The topological polar surface area (TPSA) is 237 Å². The van der Waals surface area contributed by atoms with Gasteiger partial charge in [0.15, 0.2) is 12.2 Å². The Kier molecular flexibility index (Phi) is 74.4. The number of unbranched alkanes of at least 4 members (excludes halogenated alkanes) is 55. The Morgan fingerprint density at radius 1 is 0.265 bits per heavy atom. The molecule has 19 heteroatoms. The van der Waals surface area contributed by atoms with Crippen LogP contribution in [-0.2, 0) is 65.4 Å². The molecule has 3 N–H and O–H groups in total. The van der Waals surface area contributed by atoms with Crippen molar-refractivity contribution < 1.29 is 80.2 Å². The minimum absolute atomic E-state index is 0.109. The predicted octanol–water partition coefficient (Wildman–Crippen LogP) is 25.2. The highest BCUT2D eigenvalue weighted by Gasteiger charge is 2.30. The fourth-order valence-corrected chi connectivity index (χ4v) is 14.5. The first-order valence-corrected chi connectivity index (χ1v) is 46.1. The number of hydrogen-bond acceptors (Lipinski definition) is 15. The van der Waals surface area contributed by atoms with E-state index in [9.17, 15) is 43.2 Å². The highest BCUT2D eigenvalue weighted by atomic mass is 31.2. The second-order valence-corrected chi connectivity index (χ2v) is 33.3. The van der Waals surface area contributed by atoms with E-state index in [1.165, 1.54) is 270 Å². The number of phosphoric acid groups is 2. The fourth-order valence-electron chi connectivity index (χ4n) is 12.9. The van der Waals surface area contributed by atoms with Gasteiger partial charge in [-0.1, -0.05) is 394 Å². The zero-order valence-electron chi connectivity index (χ0n) is 66.8. The van der Waals surface area contributed by atoms with E-state index in [4.69, 9.17) is 37.0 Å². The van der Waals surface area contributed by atoms with Gasteiger partial charge in [0.05, 0.1) is 26.4 Å². The van der Waals surface area contributed by atoms with Gasteiger partial charge in [-0.2, -0.15) is 0 Å². The number of hydrogen-bond donors (Lipinski definition) is 3. The Morgan fingerprint density at radius 2 is 0.451 bits per heavy atom. The Morgan fingerprint density at radius 3 is 0.667 bits per heavy atom. The zero-order chi connectivity index (χ0) is 74.8. The van der Waals surface area contributed by atoms with Crippen LogP contribution in [0.15, 0.2) is 0 Å². The molecule has 0 heterocycles. The van der Waals surface area contributed by atoms with Gasteiger partial charge in [0, 0.05) is 25.7 Å². The monoisotopic (exact) mass is 1490 g/mol. The summed E-state index contributed by atoms with van der Waals surface area (Å²) in [5.74, 6) is -1.30. The molecule has 0 fully saturated rings. The second-order valence-electron chi connectivity index (χ2n) is 30.3. The lowest BCUT2D eigenvalue weighted by Crippen LogP contribution is -2.30. The van der Waals surface area contributed by atoms with E-state index in [2.05, 4.69) is 34.6 Å². The molecule has 0 saturated heterocycles. The third kappa shape index (κ3) is 76.3. The Hall–Kier alpha value is -1.94. The van der Waals surface area contributed by atoms with Crippen molar-refractivity contribution in [3.05, 3.63) is 0 Å². The highest BCUT2D eigenvalue weighted by molar-refractivity contribution is 7.47. The summed E-state index contributed by atoms with van der Waals surface area (Å²) in [5.41, 5.74) is 0. The molecular formula is C83H162O17P2. The molecule has 0 aromatic carbocycles. The van der Waals surface area contributed by atoms with Crippen LogP contribution in [0.1, 0.15) is 446 Å². The van der Waals surface area contributed by atoms with Crippen molar-refractivity contribution in [2.45, 2.75) is 464 Å². The molecule has 0 aliphatic heterocycles. The third-order valence-electron chi connectivity index (χ3n) is 19.5. The Balaban J connectivity index is 5.25. The van der Waals surface area contributed by atoms with Crippen molar-refractivity contribution in [1.82, 2.24) is 0 Å². The number of carbonyl (C=O) groups is 4. The first kappa shape index (κ1) is 100. The smallest absolute Gasteiger partial charge is 0.462 e. The van der Waals surface area contributed by atoms with Crippen LogP contribution < -0.4 is 0 Å². The van der Waals surface area contributed by atoms with Crippen LogP contribution in [0.3, 0.4) is 0 Å². The first-order chi connectivity index (χ1) is 49.5. The number of ether oxygens (including phenoxy) is 4. The third-order valence-corrected chi connectivity index (χ3v) is 21.4. The minimum atomic E-state index is -4.96. The number of aliphatic hydroxyl groups is 1. The molecule has 0 aromatic rings. The van der Waals surface area contributed by atoms with Crippen LogP contribution >= 0.6 is 15.6 Å². The normalized spacial score (nSPS) is 13.8. The van der Waals surface area contributed by atoms with E-state index in [1.807, 2.05) is 0 Å². The van der Waals surface area contributed by atoms with Crippen LogP contribution in [0.25, 0.3) is 0 Å². The molecule has 0 saturated carbocycles. The van der Waals surface area contributed by atoms with Crippen molar-refractivity contribution in [1.29, 1.82) is 0 Å². The quantitative estimate of drug-likeness (QED) is 0.0222. The van der Waals surface area contributed by atoms with Crippen LogP contribution in [0.2, 0.25) is 0 Å². The summed E-state index contributed by atoms with van der Waals surface area (Å²) in [6, 6.07) is 0. The van der Waals surface area contributed by atoms with Gasteiger partial charge >= 0.3 is 39.5 Å². The number of carbonyl (C=O) groups excluding carboxylic acids is 4. The summed E-state index contributed by atoms with van der Waals surface area (Å²) < 4.78 is 68.8. The number of rotatable bonds is 83. The summed E-state index contributed by atoms with van der Waals surface area (Å²) in [6.45, 7) is 7.37. The molecule has 0 amide bonds. The number of esters is 4. The van der Waals surface area contributed by atoms with E-state index in [1.54, 1.807) is 0 Å². The SMILES string of the molecule is CCCCCCCCCCCCCCCCCCCCC(=O)O[C@H](COC(=O)CCCCCCCCCCCCCCCCC(C)C)COP(=O)(O)OC[C@@H](O)COP(=O)(O)OC[C@@H](COC(=O)CCCCCCCCCCCCC)OC(=O)CCCCCCCCCCCCCCCCCC. The van der Waals surface area contributed by atoms with Crippen molar-refractivity contribution in [2.24, 2.45) is 5.92 Å². The van der Waals surface area contributed by atoms with Crippen LogP contribution in [0.4, 0.5) is 0 Å². The molecule has 0 radical (unpaired) electrons. The predicted molar refractivity (Wildman–Crippen MR) is 418 cm³/mol.